The summed E-state index contributed by atoms with van der Waals surface area (Å²) < 4.78 is 21.6. The van der Waals surface area contributed by atoms with Crippen molar-refractivity contribution in [1.82, 2.24) is 25.1 Å². The molecule has 0 saturated carbocycles. The summed E-state index contributed by atoms with van der Waals surface area (Å²) in [7, 11) is 1.75. The first-order chi connectivity index (χ1) is 14.6. The molecule has 3 rings (SSSR count). The van der Waals surface area contributed by atoms with E-state index in [1.807, 2.05) is 6.07 Å². The van der Waals surface area contributed by atoms with Crippen LogP contribution in [0.15, 0.2) is 41.9 Å². The molecular weight excluding hydrogens is 383 g/mol. The number of nitrogens with one attached hydrogen (secondary N) is 2. The van der Waals surface area contributed by atoms with Crippen LogP contribution in [0.4, 0.5) is 4.39 Å². The van der Waals surface area contributed by atoms with Crippen molar-refractivity contribution in [3.05, 3.63) is 48.3 Å². The Morgan fingerprint density at radius 1 is 1.27 bits per heavy atom. The Hall–Kier alpha value is -2.45. The molecule has 1 aliphatic rings. The van der Waals surface area contributed by atoms with E-state index in [4.69, 9.17) is 4.74 Å². The number of hydrogen-bond donors (Lipinski definition) is 2. The van der Waals surface area contributed by atoms with E-state index in [0.29, 0.717) is 24.2 Å². The van der Waals surface area contributed by atoms with E-state index in [0.717, 1.165) is 50.8 Å². The van der Waals surface area contributed by atoms with Gasteiger partial charge in [-0.3, -0.25) is 9.89 Å². The molecule has 1 aromatic carbocycles. The number of ether oxygens (including phenoxy) is 1. The maximum atomic E-state index is 14.5. The van der Waals surface area contributed by atoms with E-state index in [1.165, 1.54) is 0 Å². The number of morpholine rings is 1. The number of benzene rings is 1. The Kier molecular flexibility index (Phi) is 8.21. The van der Waals surface area contributed by atoms with Gasteiger partial charge in [-0.1, -0.05) is 19.9 Å². The van der Waals surface area contributed by atoms with Gasteiger partial charge in [0.1, 0.15) is 5.82 Å². The van der Waals surface area contributed by atoms with Gasteiger partial charge in [-0.05, 0) is 30.0 Å². The molecule has 1 aliphatic heterocycles. The van der Waals surface area contributed by atoms with E-state index in [2.05, 4.69) is 39.4 Å². The molecule has 1 atom stereocenters. The van der Waals surface area contributed by atoms with E-state index in [1.54, 1.807) is 42.5 Å². The number of nitrogens with zero attached hydrogens (tertiary/aromatic N) is 4. The van der Waals surface area contributed by atoms with Gasteiger partial charge in [0, 0.05) is 51.7 Å². The van der Waals surface area contributed by atoms with Gasteiger partial charge in [0.15, 0.2) is 5.96 Å². The van der Waals surface area contributed by atoms with Crippen molar-refractivity contribution in [2.24, 2.45) is 10.9 Å². The minimum absolute atomic E-state index is 0.278. The molecule has 0 bridgehead atoms. The van der Waals surface area contributed by atoms with Crippen molar-refractivity contribution < 1.29 is 9.13 Å². The van der Waals surface area contributed by atoms with Crippen LogP contribution in [0, 0.1) is 11.7 Å². The van der Waals surface area contributed by atoms with Crippen LogP contribution in [0.5, 0.6) is 0 Å². The molecule has 1 fully saturated rings. The van der Waals surface area contributed by atoms with Crippen LogP contribution in [0.25, 0.3) is 5.69 Å². The summed E-state index contributed by atoms with van der Waals surface area (Å²) in [6, 6.07) is 5.65. The SMILES string of the molecule is CN=C(NCc1ccc(-n2ccnc2)c(F)c1)NCC(CC(C)C)N1CCOCC1. The average molecular weight is 417 g/mol. The molecule has 0 spiro atoms. The highest BCUT2D eigenvalue weighted by Gasteiger charge is 2.22. The molecule has 2 aromatic rings. The summed E-state index contributed by atoms with van der Waals surface area (Å²) >= 11 is 0. The smallest absolute Gasteiger partial charge is 0.191 e. The number of hydrogen-bond acceptors (Lipinski definition) is 4. The molecule has 2 heterocycles. The Morgan fingerprint density at radius 2 is 2.07 bits per heavy atom. The summed E-state index contributed by atoms with van der Waals surface area (Å²) in [5.74, 6) is 1.06. The average Bonchev–Trinajstić information content (AvgIpc) is 3.28. The summed E-state index contributed by atoms with van der Waals surface area (Å²) in [4.78, 5) is 10.8. The summed E-state index contributed by atoms with van der Waals surface area (Å²) in [5.41, 5.74) is 1.34. The second kappa shape index (κ2) is 11.1. The number of aromatic nitrogens is 2. The highest BCUT2D eigenvalue weighted by Crippen LogP contribution is 2.15. The third kappa shape index (κ3) is 6.27. The minimum Gasteiger partial charge on any atom is -0.379 e. The van der Waals surface area contributed by atoms with Crippen LogP contribution in [-0.2, 0) is 11.3 Å². The number of aliphatic imine (C=N–C) groups is 1. The van der Waals surface area contributed by atoms with Crippen LogP contribution in [-0.4, -0.2) is 66.3 Å². The van der Waals surface area contributed by atoms with Crippen LogP contribution in [0.2, 0.25) is 0 Å². The molecule has 1 unspecified atom stereocenters. The topological polar surface area (TPSA) is 66.7 Å². The lowest BCUT2D eigenvalue weighted by Crippen LogP contribution is -2.50. The third-order valence-corrected chi connectivity index (χ3v) is 5.29. The summed E-state index contributed by atoms with van der Waals surface area (Å²) in [6.07, 6.45) is 6.06. The van der Waals surface area contributed by atoms with E-state index >= 15 is 0 Å². The highest BCUT2D eigenvalue weighted by molar-refractivity contribution is 5.79. The molecule has 2 N–H and O–H groups in total. The van der Waals surface area contributed by atoms with Crippen LogP contribution in [0.1, 0.15) is 25.8 Å². The first-order valence-electron chi connectivity index (χ1n) is 10.6. The molecule has 164 valence electrons. The standard InChI is InChI=1S/C22H33FN6O/c1-17(2)12-19(28-8-10-30-11-9-28)15-27-22(24-3)26-14-18-4-5-21(20(23)13-18)29-7-6-25-16-29/h4-7,13,16-17,19H,8-12,14-15H2,1-3H3,(H2,24,26,27). The second-order valence-corrected chi connectivity index (χ2v) is 7.99. The number of imidazole rings is 1. The zero-order valence-corrected chi connectivity index (χ0v) is 18.1. The highest BCUT2D eigenvalue weighted by atomic mass is 19.1. The van der Waals surface area contributed by atoms with Gasteiger partial charge in [-0.2, -0.15) is 0 Å². The van der Waals surface area contributed by atoms with Crippen LogP contribution >= 0.6 is 0 Å². The maximum Gasteiger partial charge on any atom is 0.191 e. The number of rotatable bonds is 8. The van der Waals surface area contributed by atoms with Crippen molar-refractivity contribution in [3.8, 4) is 5.69 Å². The predicted octanol–water partition coefficient (Wildman–Crippen LogP) is 2.42. The number of halogens is 1. The van der Waals surface area contributed by atoms with Gasteiger partial charge in [-0.15, -0.1) is 0 Å². The van der Waals surface area contributed by atoms with Gasteiger partial charge in [0.05, 0.1) is 25.2 Å². The molecule has 1 saturated heterocycles. The molecule has 0 amide bonds. The molecule has 7 nitrogen and oxygen atoms in total. The third-order valence-electron chi connectivity index (χ3n) is 5.29. The van der Waals surface area contributed by atoms with Gasteiger partial charge in [0.25, 0.3) is 0 Å². The Bertz CT molecular complexity index is 802. The van der Waals surface area contributed by atoms with Crippen molar-refractivity contribution in [1.29, 1.82) is 0 Å². The first-order valence-corrected chi connectivity index (χ1v) is 10.6. The van der Waals surface area contributed by atoms with E-state index < -0.39 is 0 Å². The van der Waals surface area contributed by atoms with Crippen LogP contribution < -0.4 is 10.6 Å². The monoisotopic (exact) mass is 416 g/mol. The lowest BCUT2D eigenvalue weighted by Gasteiger charge is -2.35. The van der Waals surface area contributed by atoms with E-state index in [-0.39, 0.29) is 5.82 Å². The molecule has 0 radical (unpaired) electrons. The number of guanidine groups is 1. The lowest BCUT2D eigenvalue weighted by atomic mass is 10.0. The van der Waals surface area contributed by atoms with Crippen LogP contribution in [0.3, 0.4) is 0 Å². The zero-order valence-electron chi connectivity index (χ0n) is 18.1. The molecule has 8 heteroatoms. The fourth-order valence-electron chi connectivity index (χ4n) is 3.74. The summed E-state index contributed by atoms with van der Waals surface area (Å²) in [5, 5.41) is 6.73. The molecule has 1 aromatic heterocycles. The van der Waals surface area contributed by atoms with Crippen molar-refractivity contribution in [2.75, 3.05) is 39.9 Å². The summed E-state index contributed by atoms with van der Waals surface area (Å²) in [6.45, 7) is 9.33. The van der Waals surface area contributed by atoms with Crippen molar-refractivity contribution >= 4 is 5.96 Å². The fourth-order valence-corrected chi connectivity index (χ4v) is 3.74. The fraction of sp³-hybridized carbons (Fsp3) is 0.545. The quantitative estimate of drug-likeness (QED) is 0.511. The van der Waals surface area contributed by atoms with Gasteiger partial charge in [-0.25, -0.2) is 9.37 Å². The molecule has 0 aliphatic carbocycles. The first kappa shape index (κ1) is 22.2. The van der Waals surface area contributed by atoms with Crippen molar-refractivity contribution in [2.45, 2.75) is 32.9 Å². The second-order valence-electron chi connectivity index (χ2n) is 7.99. The van der Waals surface area contributed by atoms with Gasteiger partial charge in [0.2, 0.25) is 0 Å². The Labute approximate surface area is 178 Å². The Balaban J connectivity index is 1.54. The maximum absolute atomic E-state index is 14.5. The largest absolute Gasteiger partial charge is 0.379 e. The van der Waals surface area contributed by atoms with Crippen molar-refractivity contribution in [3.63, 3.8) is 0 Å². The lowest BCUT2D eigenvalue weighted by molar-refractivity contribution is 0.0132. The zero-order chi connectivity index (χ0) is 21.3. The minimum atomic E-state index is -0.278. The molecule has 30 heavy (non-hydrogen) atoms. The Morgan fingerprint density at radius 3 is 2.70 bits per heavy atom. The van der Waals surface area contributed by atoms with Gasteiger partial charge >= 0.3 is 0 Å². The normalized spacial score (nSPS) is 16.6. The van der Waals surface area contributed by atoms with Gasteiger partial charge < -0.3 is 19.9 Å². The van der Waals surface area contributed by atoms with E-state index in [9.17, 15) is 4.39 Å². The predicted molar refractivity (Wildman–Crippen MR) is 117 cm³/mol. The molecular formula is C22H33FN6O.